The molecule has 0 spiro atoms. The normalized spacial score (nSPS) is 21.8. The van der Waals surface area contributed by atoms with Gasteiger partial charge >= 0.3 is 0 Å². The van der Waals surface area contributed by atoms with Crippen molar-refractivity contribution in [3.63, 3.8) is 0 Å². The van der Waals surface area contributed by atoms with Gasteiger partial charge in [-0.15, -0.1) is 11.3 Å². The summed E-state index contributed by atoms with van der Waals surface area (Å²) >= 11 is 7.57. The fourth-order valence-corrected chi connectivity index (χ4v) is 5.26. The van der Waals surface area contributed by atoms with Crippen LogP contribution in [0.4, 0.5) is 0 Å². The highest BCUT2D eigenvalue weighted by molar-refractivity contribution is 7.80. The molecular formula is C19H27N4OS2+. The third kappa shape index (κ3) is 4.17. The number of quaternary nitrogens is 1. The third-order valence-corrected chi connectivity index (χ3v) is 6.83. The average molecular weight is 392 g/mol. The van der Waals surface area contributed by atoms with Crippen LogP contribution in [0.1, 0.15) is 30.3 Å². The smallest absolute Gasteiger partial charge is 0.169 e. The number of fused-ring (bicyclic) bond motifs is 1. The van der Waals surface area contributed by atoms with E-state index in [1.807, 2.05) is 11.3 Å². The minimum absolute atomic E-state index is 0.317. The van der Waals surface area contributed by atoms with E-state index >= 15 is 0 Å². The predicted octanol–water partition coefficient (Wildman–Crippen LogP) is 1.61. The molecule has 1 atom stereocenters. The molecule has 2 saturated heterocycles. The van der Waals surface area contributed by atoms with Crippen LogP contribution in [0.25, 0.3) is 10.2 Å². The predicted molar refractivity (Wildman–Crippen MR) is 110 cm³/mol. The van der Waals surface area contributed by atoms with Gasteiger partial charge in [-0.2, -0.15) is 0 Å². The Morgan fingerprint density at radius 1 is 1.31 bits per heavy atom. The van der Waals surface area contributed by atoms with E-state index in [0.717, 1.165) is 63.0 Å². The molecule has 26 heavy (non-hydrogen) atoms. The Kier molecular flexibility index (Phi) is 5.99. The van der Waals surface area contributed by atoms with Gasteiger partial charge in [-0.25, -0.2) is 4.98 Å². The Bertz CT molecular complexity index is 711. The van der Waals surface area contributed by atoms with E-state index in [4.69, 9.17) is 21.9 Å². The van der Waals surface area contributed by atoms with Crippen LogP contribution < -0.4 is 10.2 Å². The van der Waals surface area contributed by atoms with Crippen LogP contribution in [-0.2, 0) is 4.74 Å². The van der Waals surface area contributed by atoms with E-state index < -0.39 is 0 Å². The van der Waals surface area contributed by atoms with Crippen molar-refractivity contribution in [2.45, 2.75) is 25.3 Å². The number of ether oxygens (including phenoxy) is 1. The zero-order valence-corrected chi connectivity index (χ0v) is 16.7. The number of nitrogens with zero attached hydrogens (tertiary/aromatic N) is 2. The SMILES string of the molecule is S=C(NCC[NH+]1CCOCC1)N1CCCC[C@@H]1c1nc2ccccc2s1. The van der Waals surface area contributed by atoms with Crippen LogP contribution >= 0.6 is 23.6 Å². The van der Waals surface area contributed by atoms with Crippen LogP contribution in [0.3, 0.4) is 0 Å². The summed E-state index contributed by atoms with van der Waals surface area (Å²) in [6, 6.07) is 8.72. The topological polar surface area (TPSA) is 41.8 Å². The molecule has 2 aromatic rings. The van der Waals surface area contributed by atoms with Crippen molar-refractivity contribution in [3.8, 4) is 0 Å². The highest BCUT2D eigenvalue weighted by Gasteiger charge is 2.28. The van der Waals surface area contributed by atoms with Crippen LogP contribution in [0, 0.1) is 0 Å². The summed E-state index contributed by atoms with van der Waals surface area (Å²) in [7, 11) is 0. The molecule has 1 aromatic heterocycles. The number of likely N-dealkylation sites (tertiary alicyclic amines) is 1. The van der Waals surface area contributed by atoms with Crippen molar-refractivity contribution in [3.05, 3.63) is 29.3 Å². The lowest BCUT2D eigenvalue weighted by Crippen LogP contribution is -3.14. The molecule has 2 N–H and O–H groups in total. The van der Waals surface area contributed by atoms with E-state index in [2.05, 4.69) is 34.5 Å². The third-order valence-electron chi connectivity index (χ3n) is 5.31. The Balaban J connectivity index is 1.39. The maximum Gasteiger partial charge on any atom is 0.169 e. The Morgan fingerprint density at radius 2 is 2.15 bits per heavy atom. The lowest BCUT2D eigenvalue weighted by Gasteiger charge is -2.36. The number of benzene rings is 1. The van der Waals surface area contributed by atoms with E-state index in [-0.39, 0.29) is 0 Å². The zero-order chi connectivity index (χ0) is 17.8. The maximum absolute atomic E-state index is 5.76. The van der Waals surface area contributed by atoms with Gasteiger partial charge in [-0.1, -0.05) is 12.1 Å². The summed E-state index contributed by atoms with van der Waals surface area (Å²) in [6.07, 6.45) is 3.59. The molecule has 3 heterocycles. The largest absolute Gasteiger partial charge is 0.370 e. The van der Waals surface area contributed by atoms with E-state index in [0.29, 0.717) is 6.04 Å². The first kappa shape index (κ1) is 18.1. The molecule has 2 fully saturated rings. The monoisotopic (exact) mass is 391 g/mol. The van der Waals surface area contributed by atoms with Crippen LogP contribution in [0.2, 0.25) is 0 Å². The maximum atomic E-state index is 5.76. The molecule has 2 aliphatic rings. The molecule has 0 radical (unpaired) electrons. The fourth-order valence-electron chi connectivity index (χ4n) is 3.82. The summed E-state index contributed by atoms with van der Waals surface area (Å²) in [5.74, 6) is 0. The molecule has 0 aliphatic carbocycles. The molecule has 2 aliphatic heterocycles. The number of hydrogen-bond acceptors (Lipinski definition) is 4. The second kappa shape index (κ2) is 8.61. The van der Waals surface area contributed by atoms with Crippen molar-refractivity contribution < 1.29 is 9.64 Å². The van der Waals surface area contributed by atoms with Gasteiger partial charge in [-0.3, -0.25) is 0 Å². The number of aromatic nitrogens is 1. The molecular weight excluding hydrogens is 364 g/mol. The fraction of sp³-hybridized carbons (Fsp3) is 0.579. The number of nitrogens with one attached hydrogen (secondary N) is 2. The summed E-state index contributed by atoms with van der Waals surface area (Å²) < 4.78 is 6.70. The van der Waals surface area contributed by atoms with Gasteiger partial charge in [0.2, 0.25) is 0 Å². The molecule has 1 aromatic carbocycles. The second-order valence-corrected chi connectivity index (χ2v) is 8.52. The first-order valence-corrected chi connectivity index (χ1v) is 10.8. The van der Waals surface area contributed by atoms with Gasteiger partial charge in [0.05, 0.1) is 42.6 Å². The second-order valence-electron chi connectivity index (χ2n) is 7.07. The Hall–Kier alpha value is -1.28. The minimum atomic E-state index is 0.317. The number of rotatable bonds is 4. The highest BCUT2D eigenvalue weighted by Crippen LogP contribution is 2.35. The van der Waals surface area contributed by atoms with E-state index in [1.54, 1.807) is 4.90 Å². The number of para-hydroxylation sites is 1. The average Bonchev–Trinajstić information content (AvgIpc) is 3.13. The van der Waals surface area contributed by atoms with Gasteiger partial charge < -0.3 is 19.9 Å². The van der Waals surface area contributed by atoms with E-state index in [1.165, 1.54) is 22.5 Å². The molecule has 5 nitrogen and oxygen atoms in total. The van der Waals surface area contributed by atoms with Crippen molar-refractivity contribution in [1.82, 2.24) is 15.2 Å². The summed E-state index contributed by atoms with van der Waals surface area (Å²) in [5.41, 5.74) is 1.10. The summed E-state index contributed by atoms with van der Waals surface area (Å²) in [6.45, 7) is 7.02. The number of piperidine rings is 1. The Morgan fingerprint density at radius 3 is 3.00 bits per heavy atom. The molecule has 0 bridgehead atoms. The van der Waals surface area contributed by atoms with Crippen LogP contribution in [0.15, 0.2) is 24.3 Å². The summed E-state index contributed by atoms with van der Waals surface area (Å²) in [4.78, 5) is 8.87. The van der Waals surface area contributed by atoms with Gasteiger partial charge in [0.15, 0.2) is 5.11 Å². The minimum Gasteiger partial charge on any atom is -0.370 e. The number of thiazole rings is 1. The molecule has 7 heteroatoms. The standard InChI is InChI=1S/C19H26N4OS2/c25-19(20-8-10-22-11-13-24-14-12-22)23-9-4-3-6-16(23)18-21-15-5-1-2-7-17(15)26-18/h1-2,5,7,16H,3-4,6,8-14H2,(H,20,25)/p+1/t16-/m1/s1. The van der Waals surface area contributed by atoms with Crippen molar-refractivity contribution in [1.29, 1.82) is 0 Å². The first-order chi connectivity index (χ1) is 12.8. The Labute approximate surface area is 164 Å². The molecule has 0 saturated carbocycles. The lowest BCUT2D eigenvalue weighted by atomic mass is 10.0. The first-order valence-electron chi connectivity index (χ1n) is 9.62. The van der Waals surface area contributed by atoms with Crippen molar-refractivity contribution >= 4 is 38.9 Å². The quantitative estimate of drug-likeness (QED) is 0.775. The summed E-state index contributed by atoms with van der Waals surface area (Å²) in [5, 5.41) is 5.60. The van der Waals surface area contributed by atoms with Crippen molar-refractivity contribution in [2.75, 3.05) is 45.9 Å². The molecule has 140 valence electrons. The number of thiocarbonyl (C=S) groups is 1. The zero-order valence-electron chi connectivity index (χ0n) is 15.1. The molecule has 4 rings (SSSR count). The van der Waals surface area contributed by atoms with Gasteiger partial charge in [0.25, 0.3) is 0 Å². The molecule has 0 unspecified atom stereocenters. The van der Waals surface area contributed by atoms with E-state index in [9.17, 15) is 0 Å². The van der Waals surface area contributed by atoms with Gasteiger partial charge in [0.1, 0.15) is 18.1 Å². The van der Waals surface area contributed by atoms with Crippen molar-refractivity contribution in [2.24, 2.45) is 0 Å². The van der Waals surface area contributed by atoms with Gasteiger partial charge in [-0.05, 0) is 43.6 Å². The highest BCUT2D eigenvalue weighted by atomic mass is 32.1. The number of hydrogen-bond donors (Lipinski definition) is 2. The van der Waals surface area contributed by atoms with Crippen LogP contribution in [0.5, 0.6) is 0 Å². The van der Waals surface area contributed by atoms with Crippen LogP contribution in [-0.4, -0.2) is 60.9 Å². The van der Waals surface area contributed by atoms with Gasteiger partial charge in [0, 0.05) is 6.54 Å². The molecule has 0 amide bonds. The number of morpholine rings is 1. The lowest BCUT2D eigenvalue weighted by molar-refractivity contribution is -0.906.